The van der Waals surface area contributed by atoms with E-state index < -0.39 is 45.9 Å². The number of urea groups is 1. The molecule has 1 N–H and O–H groups in total. The van der Waals surface area contributed by atoms with E-state index in [4.69, 9.17) is 9.47 Å². The maximum absolute atomic E-state index is 13.4. The zero-order chi connectivity index (χ0) is 32.3. The molecule has 0 aromatic heterocycles. The third-order valence-electron chi connectivity index (χ3n) is 6.67. The zero-order valence-corrected chi connectivity index (χ0v) is 23.8. The van der Waals surface area contributed by atoms with Crippen LogP contribution in [0.3, 0.4) is 0 Å². The molecular weight excluding hydrogens is 583 g/mol. The fourth-order valence-electron chi connectivity index (χ4n) is 4.41. The highest BCUT2D eigenvalue weighted by Gasteiger charge is 2.37. The smallest absolute Gasteiger partial charge is 0.416 e. The minimum Gasteiger partial charge on any atom is -0.490 e. The number of carbonyl (C=O) groups is 3. The number of imide groups is 2. The summed E-state index contributed by atoms with van der Waals surface area (Å²) >= 11 is 0. The Kier molecular flexibility index (Phi) is 8.88. The molecule has 0 radical (unpaired) electrons. The van der Waals surface area contributed by atoms with Gasteiger partial charge in [-0.3, -0.25) is 25.0 Å². The molecule has 10 nitrogen and oxygen atoms in total. The van der Waals surface area contributed by atoms with Gasteiger partial charge < -0.3 is 9.47 Å². The lowest BCUT2D eigenvalue weighted by Gasteiger charge is -2.27. The van der Waals surface area contributed by atoms with Gasteiger partial charge in [-0.2, -0.15) is 13.2 Å². The van der Waals surface area contributed by atoms with E-state index in [9.17, 15) is 37.7 Å². The topological polar surface area (TPSA) is 128 Å². The summed E-state index contributed by atoms with van der Waals surface area (Å²) in [5.74, 6) is -2.28. The fraction of sp³-hybridized carbons (Fsp3) is 0.194. The highest BCUT2D eigenvalue weighted by atomic mass is 19.4. The molecule has 3 aromatic rings. The molecule has 1 aliphatic heterocycles. The number of carbonyl (C=O) groups excluding carboxylic acids is 3. The largest absolute Gasteiger partial charge is 0.490 e. The van der Waals surface area contributed by atoms with Crippen molar-refractivity contribution in [1.29, 1.82) is 0 Å². The highest BCUT2D eigenvalue weighted by Crippen LogP contribution is 2.42. The van der Waals surface area contributed by atoms with Crippen LogP contribution in [-0.2, 0) is 22.2 Å². The van der Waals surface area contributed by atoms with E-state index in [1.54, 1.807) is 25.1 Å². The van der Waals surface area contributed by atoms with E-state index >= 15 is 0 Å². The van der Waals surface area contributed by atoms with Crippen LogP contribution in [0.5, 0.6) is 17.2 Å². The molecule has 0 saturated carbocycles. The van der Waals surface area contributed by atoms with Crippen molar-refractivity contribution < 1.29 is 42.0 Å². The van der Waals surface area contributed by atoms with Crippen molar-refractivity contribution in [3.63, 3.8) is 0 Å². The lowest BCUT2D eigenvalue weighted by Crippen LogP contribution is -2.54. The summed E-state index contributed by atoms with van der Waals surface area (Å²) in [7, 11) is 0. The van der Waals surface area contributed by atoms with E-state index in [-0.39, 0.29) is 41.4 Å². The average Bonchev–Trinajstić information content (AvgIpc) is 2.94. The molecule has 1 aliphatic rings. The van der Waals surface area contributed by atoms with Gasteiger partial charge in [-0.15, -0.1) is 6.58 Å². The number of hydrogen-bond donors (Lipinski definition) is 1. The Hall–Kier alpha value is -5.46. The normalized spacial score (nSPS) is 14.5. The second-order valence-corrected chi connectivity index (χ2v) is 9.70. The SMILES string of the molecule is C=CCc1cc(/C=C2\C(=O)NC(=O)N(c3ccc(C)c(C)c3)C2=O)cc(OCC)c1Oc1ccc(C(F)(F)F)cc1[N+](=O)[O-]. The van der Waals surface area contributed by atoms with E-state index in [0.29, 0.717) is 17.7 Å². The second kappa shape index (κ2) is 12.4. The summed E-state index contributed by atoms with van der Waals surface area (Å²) in [5.41, 5.74) is 0.125. The maximum atomic E-state index is 13.4. The molecule has 4 amide bonds. The molecule has 0 atom stereocenters. The summed E-state index contributed by atoms with van der Waals surface area (Å²) in [6.45, 7) is 9.11. The molecule has 0 unspecified atom stereocenters. The molecule has 44 heavy (non-hydrogen) atoms. The van der Waals surface area contributed by atoms with Crippen molar-refractivity contribution in [2.75, 3.05) is 11.5 Å². The number of hydrogen-bond acceptors (Lipinski definition) is 7. The van der Waals surface area contributed by atoms with Gasteiger partial charge in [0.15, 0.2) is 11.5 Å². The third-order valence-corrected chi connectivity index (χ3v) is 6.67. The summed E-state index contributed by atoms with van der Waals surface area (Å²) in [5, 5.41) is 13.8. The standard InChI is InChI=1S/C31H26F3N3O7/c1-5-7-20-13-19(14-23-28(38)35-30(40)36(29(23)39)22-10-8-17(3)18(4)12-22)15-26(43-6-2)27(20)44-25-11-9-21(31(32,33)34)16-24(25)37(41)42/h5,8-16H,1,6-7H2,2-4H3,(H,35,38,40)/b23-14+. The Bertz CT molecular complexity index is 1730. The van der Waals surface area contributed by atoms with Crippen molar-refractivity contribution in [2.24, 2.45) is 0 Å². The van der Waals surface area contributed by atoms with Gasteiger partial charge in [-0.1, -0.05) is 12.1 Å². The Labute approximate surface area is 249 Å². The Morgan fingerprint density at radius 3 is 2.36 bits per heavy atom. The molecule has 228 valence electrons. The molecular formula is C31H26F3N3O7. The van der Waals surface area contributed by atoms with Gasteiger partial charge in [-0.25, -0.2) is 9.69 Å². The number of ether oxygens (including phenoxy) is 2. The first-order valence-electron chi connectivity index (χ1n) is 13.2. The second-order valence-electron chi connectivity index (χ2n) is 9.70. The van der Waals surface area contributed by atoms with Gasteiger partial charge in [0.1, 0.15) is 5.57 Å². The van der Waals surface area contributed by atoms with Crippen LogP contribution in [0.4, 0.5) is 29.3 Å². The lowest BCUT2D eigenvalue weighted by molar-refractivity contribution is -0.385. The number of halogens is 3. The van der Waals surface area contributed by atoms with Crippen LogP contribution in [0.15, 0.2) is 66.8 Å². The van der Waals surface area contributed by atoms with Crippen molar-refractivity contribution >= 4 is 35.3 Å². The van der Waals surface area contributed by atoms with Crippen molar-refractivity contribution in [3.8, 4) is 17.2 Å². The summed E-state index contributed by atoms with van der Waals surface area (Å²) in [6, 6.07) is 8.81. The first-order chi connectivity index (χ1) is 20.7. The number of aryl methyl sites for hydroxylation is 2. The summed E-state index contributed by atoms with van der Waals surface area (Å²) in [4.78, 5) is 50.4. The Balaban J connectivity index is 1.81. The van der Waals surface area contributed by atoms with Crippen LogP contribution < -0.4 is 19.7 Å². The minimum absolute atomic E-state index is 0.0265. The number of nitro groups is 1. The van der Waals surface area contributed by atoms with Crippen LogP contribution >= 0.6 is 0 Å². The first-order valence-corrected chi connectivity index (χ1v) is 13.2. The van der Waals surface area contributed by atoms with Crippen molar-refractivity contribution in [3.05, 3.63) is 105 Å². The van der Waals surface area contributed by atoms with Gasteiger partial charge in [0, 0.05) is 11.6 Å². The highest BCUT2D eigenvalue weighted by molar-refractivity contribution is 6.39. The molecule has 0 bridgehead atoms. The van der Waals surface area contributed by atoms with E-state index in [0.717, 1.165) is 22.1 Å². The number of nitro benzene ring substituents is 1. The number of nitrogens with one attached hydrogen (secondary N) is 1. The number of benzene rings is 3. The van der Waals surface area contributed by atoms with Crippen LogP contribution in [0, 0.1) is 24.0 Å². The number of nitrogens with zero attached hydrogens (tertiary/aromatic N) is 2. The van der Waals surface area contributed by atoms with Gasteiger partial charge >= 0.3 is 17.9 Å². The number of amides is 4. The molecule has 4 rings (SSSR count). The monoisotopic (exact) mass is 609 g/mol. The van der Waals surface area contributed by atoms with Crippen molar-refractivity contribution in [2.45, 2.75) is 33.4 Å². The van der Waals surface area contributed by atoms with Crippen LogP contribution in [0.25, 0.3) is 6.08 Å². The molecule has 1 fully saturated rings. The number of rotatable bonds is 9. The molecule has 0 aliphatic carbocycles. The van der Waals surface area contributed by atoms with E-state index in [1.807, 2.05) is 13.8 Å². The van der Waals surface area contributed by atoms with E-state index in [1.165, 1.54) is 24.3 Å². The van der Waals surface area contributed by atoms with Gasteiger partial charge in [0.05, 0.1) is 22.8 Å². The lowest BCUT2D eigenvalue weighted by atomic mass is 10.0. The molecule has 1 saturated heterocycles. The van der Waals surface area contributed by atoms with Crippen LogP contribution in [-0.4, -0.2) is 29.4 Å². The maximum Gasteiger partial charge on any atom is 0.416 e. The quantitative estimate of drug-likeness (QED) is 0.0927. The van der Waals surface area contributed by atoms with Crippen LogP contribution in [0.2, 0.25) is 0 Å². The molecule has 13 heteroatoms. The zero-order valence-electron chi connectivity index (χ0n) is 23.8. The first kappa shape index (κ1) is 31.5. The van der Waals surface area contributed by atoms with Gasteiger partial charge in [0.2, 0.25) is 5.75 Å². The Morgan fingerprint density at radius 2 is 1.75 bits per heavy atom. The Morgan fingerprint density at radius 1 is 1.02 bits per heavy atom. The minimum atomic E-state index is -4.82. The molecule has 3 aromatic carbocycles. The summed E-state index contributed by atoms with van der Waals surface area (Å²) < 4.78 is 51.1. The molecule has 0 spiro atoms. The molecule has 1 heterocycles. The van der Waals surface area contributed by atoms with E-state index in [2.05, 4.69) is 11.9 Å². The predicted molar refractivity (Wildman–Crippen MR) is 155 cm³/mol. The predicted octanol–water partition coefficient (Wildman–Crippen LogP) is 6.82. The number of alkyl halides is 3. The number of anilines is 1. The fourth-order valence-corrected chi connectivity index (χ4v) is 4.41. The van der Waals surface area contributed by atoms with Crippen molar-refractivity contribution in [1.82, 2.24) is 5.32 Å². The number of allylic oxidation sites excluding steroid dienone is 1. The van der Waals surface area contributed by atoms with Gasteiger partial charge in [0.25, 0.3) is 11.8 Å². The average molecular weight is 610 g/mol. The number of barbiturate groups is 1. The van der Waals surface area contributed by atoms with Crippen LogP contribution in [0.1, 0.15) is 34.7 Å². The van der Waals surface area contributed by atoms with Gasteiger partial charge in [-0.05, 0) is 86.4 Å². The third kappa shape index (κ3) is 6.46. The summed E-state index contributed by atoms with van der Waals surface area (Å²) in [6.07, 6.45) is -1.98.